The van der Waals surface area contributed by atoms with Crippen molar-refractivity contribution in [2.45, 2.75) is 13.5 Å². The number of hydrogen-bond acceptors (Lipinski definition) is 4. The second-order valence-electron chi connectivity index (χ2n) is 4.77. The van der Waals surface area contributed by atoms with E-state index in [0.717, 1.165) is 12.1 Å². The summed E-state index contributed by atoms with van der Waals surface area (Å²) in [6, 6.07) is 4.69. The standard InChI is InChI=1S/C14H10ClFN6/c1-2-21-7-8(6-17-21)12-19-13-9-4-3-5-10(16)11(9)18-14(15)22(13)20-12/h3-7H,2H2,1H3. The van der Waals surface area contributed by atoms with Gasteiger partial charge in [-0.25, -0.2) is 14.4 Å². The highest BCUT2D eigenvalue weighted by Gasteiger charge is 2.16. The molecule has 0 fully saturated rings. The van der Waals surface area contributed by atoms with Gasteiger partial charge >= 0.3 is 0 Å². The maximum absolute atomic E-state index is 13.9. The second kappa shape index (κ2) is 4.74. The zero-order chi connectivity index (χ0) is 15.3. The second-order valence-corrected chi connectivity index (χ2v) is 5.11. The molecule has 0 aliphatic heterocycles. The monoisotopic (exact) mass is 316 g/mol. The SMILES string of the molecule is CCn1cc(-c2nc3c4cccc(F)c4nc(Cl)n3n2)cn1. The Hall–Kier alpha value is -2.54. The number of benzene rings is 1. The molecule has 3 aromatic heterocycles. The van der Waals surface area contributed by atoms with Crippen molar-refractivity contribution in [3.63, 3.8) is 0 Å². The first-order chi connectivity index (χ1) is 10.7. The lowest BCUT2D eigenvalue weighted by atomic mass is 10.2. The van der Waals surface area contributed by atoms with Crippen LogP contribution in [0.3, 0.4) is 0 Å². The minimum absolute atomic E-state index is 0.0641. The lowest BCUT2D eigenvalue weighted by Gasteiger charge is -2.01. The van der Waals surface area contributed by atoms with Crippen molar-refractivity contribution in [2.24, 2.45) is 0 Å². The number of para-hydroxylation sites is 1. The van der Waals surface area contributed by atoms with Crippen LogP contribution in [0.4, 0.5) is 4.39 Å². The first kappa shape index (κ1) is 13.1. The molecule has 0 saturated heterocycles. The van der Waals surface area contributed by atoms with E-state index in [1.165, 1.54) is 10.6 Å². The fourth-order valence-corrected chi connectivity index (χ4v) is 2.54. The van der Waals surface area contributed by atoms with Crippen LogP contribution in [0.1, 0.15) is 6.92 Å². The van der Waals surface area contributed by atoms with Crippen molar-refractivity contribution in [1.29, 1.82) is 0 Å². The van der Waals surface area contributed by atoms with E-state index in [9.17, 15) is 4.39 Å². The Morgan fingerprint density at radius 2 is 2.14 bits per heavy atom. The molecular weight excluding hydrogens is 307 g/mol. The third-order valence-electron chi connectivity index (χ3n) is 3.43. The first-order valence-electron chi connectivity index (χ1n) is 6.70. The van der Waals surface area contributed by atoms with Gasteiger partial charge in [0.05, 0.1) is 11.8 Å². The van der Waals surface area contributed by atoms with Crippen molar-refractivity contribution < 1.29 is 4.39 Å². The Balaban J connectivity index is 2.02. The maximum Gasteiger partial charge on any atom is 0.226 e. The van der Waals surface area contributed by atoms with Crippen molar-refractivity contribution >= 4 is 28.2 Å². The first-order valence-corrected chi connectivity index (χ1v) is 7.08. The number of aromatic nitrogens is 6. The molecule has 0 N–H and O–H groups in total. The van der Waals surface area contributed by atoms with Crippen molar-refractivity contribution in [3.8, 4) is 11.4 Å². The summed E-state index contributed by atoms with van der Waals surface area (Å²) in [4.78, 5) is 8.53. The van der Waals surface area contributed by atoms with Crippen LogP contribution in [0.2, 0.25) is 5.28 Å². The summed E-state index contributed by atoms with van der Waals surface area (Å²) in [5, 5.41) is 9.17. The molecule has 4 rings (SSSR count). The average Bonchev–Trinajstić information content (AvgIpc) is 3.15. The van der Waals surface area contributed by atoms with Gasteiger partial charge in [-0.2, -0.15) is 9.61 Å². The smallest absolute Gasteiger partial charge is 0.226 e. The quantitative estimate of drug-likeness (QED) is 0.533. The van der Waals surface area contributed by atoms with Crippen molar-refractivity contribution in [1.82, 2.24) is 29.4 Å². The molecule has 8 heteroatoms. The normalized spacial score (nSPS) is 11.6. The summed E-state index contributed by atoms with van der Waals surface area (Å²) in [5.74, 6) is 0.0328. The van der Waals surface area contributed by atoms with Crippen LogP contribution in [0.25, 0.3) is 27.9 Å². The van der Waals surface area contributed by atoms with Gasteiger partial charge in [0.25, 0.3) is 0 Å². The molecular formula is C14H10ClFN6. The van der Waals surface area contributed by atoms with Gasteiger partial charge in [0.15, 0.2) is 11.5 Å². The van der Waals surface area contributed by atoms with Gasteiger partial charge in [-0.15, -0.1) is 5.10 Å². The van der Waals surface area contributed by atoms with Crippen LogP contribution in [0, 0.1) is 5.82 Å². The molecule has 0 amide bonds. The Kier molecular flexibility index (Phi) is 2.83. The summed E-state index contributed by atoms with van der Waals surface area (Å²) in [5.41, 5.74) is 1.42. The van der Waals surface area contributed by atoms with Crippen LogP contribution >= 0.6 is 11.6 Å². The third-order valence-corrected chi connectivity index (χ3v) is 3.67. The molecule has 0 saturated carbocycles. The Bertz CT molecular complexity index is 1010. The minimum Gasteiger partial charge on any atom is -0.272 e. The van der Waals surface area contributed by atoms with E-state index >= 15 is 0 Å². The third kappa shape index (κ3) is 1.86. The fraction of sp³-hybridized carbons (Fsp3) is 0.143. The predicted molar refractivity (Wildman–Crippen MR) is 80.2 cm³/mol. The molecule has 0 atom stereocenters. The minimum atomic E-state index is -0.440. The number of nitrogens with zero attached hydrogens (tertiary/aromatic N) is 6. The Labute approximate surface area is 129 Å². The maximum atomic E-state index is 13.9. The van der Waals surface area contributed by atoms with E-state index in [4.69, 9.17) is 11.6 Å². The van der Waals surface area contributed by atoms with Gasteiger partial charge in [0.1, 0.15) is 11.3 Å². The highest BCUT2D eigenvalue weighted by molar-refractivity contribution is 6.29. The van der Waals surface area contributed by atoms with Gasteiger partial charge in [0.2, 0.25) is 5.28 Å². The molecule has 0 bridgehead atoms. The molecule has 0 spiro atoms. The lowest BCUT2D eigenvalue weighted by molar-refractivity contribution is 0.636. The summed E-state index contributed by atoms with van der Waals surface area (Å²) in [6.07, 6.45) is 3.53. The molecule has 0 unspecified atom stereocenters. The van der Waals surface area contributed by atoms with E-state index in [0.29, 0.717) is 16.9 Å². The molecule has 6 nitrogen and oxygen atoms in total. The topological polar surface area (TPSA) is 60.9 Å². The number of hydrogen-bond donors (Lipinski definition) is 0. The largest absolute Gasteiger partial charge is 0.272 e. The average molecular weight is 317 g/mol. The highest BCUT2D eigenvalue weighted by Crippen LogP contribution is 2.25. The summed E-state index contributed by atoms with van der Waals surface area (Å²) in [6.45, 7) is 2.74. The molecule has 4 aromatic rings. The molecule has 3 heterocycles. The molecule has 0 aliphatic carbocycles. The number of halogens is 2. The Morgan fingerprint density at radius 1 is 1.27 bits per heavy atom. The van der Waals surface area contributed by atoms with Crippen molar-refractivity contribution in [3.05, 3.63) is 41.7 Å². The van der Waals surface area contributed by atoms with Gasteiger partial charge in [0, 0.05) is 18.1 Å². The van der Waals surface area contributed by atoms with Crippen LogP contribution in [-0.4, -0.2) is 29.4 Å². The zero-order valence-electron chi connectivity index (χ0n) is 11.5. The van der Waals surface area contributed by atoms with Crippen LogP contribution in [0.5, 0.6) is 0 Å². The van der Waals surface area contributed by atoms with Crippen LogP contribution in [-0.2, 0) is 6.54 Å². The van der Waals surface area contributed by atoms with Crippen molar-refractivity contribution in [2.75, 3.05) is 0 Å². The molecule has 1 aromatic carbocycles. The summed E-state index contributed by atoms with van der Waals surface area (Å²) in [7, 11) is 0. The number of fused-ring (bicyclic) bond motifs is 3. The van der Waals surface area contributed by atoms with E-state index in [1.54, 1.807) is 23.0 Å². The van der Waals surface area contributed by atoms with Gasteiger partial charge in [-0.3, -0.25) is 4.68 Å². The fourth-order valence-electron chi connectivity index (χ4n) is 2.34. The summed E-state index contributed by atoms with van der Waals surface area (Å²) < 4.78 is 17.1. The van der Waals surface area contributed by atoms with Gasteiger partial charge in [-0.05, 0) is 30.7 Å². The zero-order valence-corrected chi connectivity index (χ0v) is 12.3. The lowest BCUT2D eigenvalue weighted by Crippen LogP contribution is -1.96. The van der Waals surface area contributed by atoms with E-state index < -0.39 is 5.82 Å². The predicted octanol–water partition coefficient (Wildman–Crippen LogP) is 2.95. The Morgan fingerprint density at radius 3 is 2.91 bits per heavy atom. The van der Waals surface area contributed by atoms with Gasteiger partial charge in [-0.1, -0.05) is 6.07 Å². The number of rotatable bonds is 2. The number of aryl methyl sites for hydroxylation is 1. The highest BCUT2D eigenvalue weighted by atomic mass is 35.5. The van der Waals surface area contributed by atoms with E-state index in [1.807, 2.05) is 13.1 Å². The van der Waals surface area contributed by atoms with Gasteiger partial charge < -0.3 is 0 Å². The van der Waals surface area contributed by atoms with E-state index in [-0.39, 0.29) is 10.8 Å². The van der Waals surface area contributed by atoms with E-state index in [2.05, 4.69) is 20.2 Å². The van der Waals surface area contributed by atoms with Crippen LogP contribution in [0.15, 0.2) is 30.6 Å². The molecule has 110 valence electrons. The molecule has 0 aliphatic rings. The molecule has 22 heavy (non-hydrogen) atoms. The molecule has 0 radical (unpaired) electrons. The summed E-state index contributed by atoms with van der Waals surface area (Å²) >= 11 is 6.10. The van der Waals surface area contributed by atoms with Crippen LogP contribution < -0.4 is 0 Å².